The second kappa shape index (κ2) is 7.88. The van der Waals surface area contributed by atoms with Crippen molar-refractivity contribution in [2.75, 3.05) is 0 Å². The number of para-hydroxylation sites is 2. The first kappa shape index (κ1) is 20.2. The Morgan fingerprint density at radius 3 is 2.21 bits per heavy atom. The van der Waals surface area contributed by atoms with Crippen molar-refractivity contribution in [3.63, 3.8) is 0 Å². The number of halogens is 1. The average Bonchev–Trinajstić information content (AvgIpc) is 3.19. The first-order chi connectivity index (χ1) is 16.6. The second-order valence-electron chi connectivity index (χ2n) is 8.24. The molecule has 7 heteroatoms. The zero-order valence-electron chi connectivity index (χ0n) is 18.4. The lowest BCUT2D eigenvalue weighted by Crippen LogP contribution is -2.21. The van der Waals surface area contributed by atoms with Gasteiger partial charge in [0.2, 0.25) is 0 Å². The maximum Gasteiger partial charge on any atom is 0.265 e. The number of hydrogen-bond acceptors (Lipinski definition) is 4. The highest BCUT2D eigenvalue weighted by atomic mass is 19.1. The highest BCUT2D eigenvalue weighted by Crippen LogP contribution is 2.28. The van der Waals surface area contributed by atoms with Gasteiger partial charge in [0.25, 0.3) is 5.56 Å². The summed E-state index contributed by atoms with van der Waals surface area (Å²) in [5.41, 5.74) is 5.74. The van der Waals surface area contributed by atoms with E-state index < -0.39 is 0 Å². The Balaban J connectivity index is 1.65. The Hall–Kier alpha value is -4.39. The van der Waals surface area contributed by atoms with Crippen molar-refractivity contribution in [2.45, 2.75) is 19.9 Å². The molecule has 0 N–H and O–H groups in total. The van der Waals surface area contributed by atoms with Gasteiger partial charge in [-0.05, 0) is 53.9 Å². The molecule has 3 heterocycles. The smallest absolute Gasteiger partial charge is 0.265 e. The lowest BCUT2D eigenvalue weighted by Gasteiger charge is -2.08. The highest BCUT2D eigenvalue weighted by molar-refractivity contribution is 6.05. The quantitative estimate of drug-likeness (QED) is 0.379. The van der Waals surface area contributed by atoms with Gasteiger partial charge in [-0.1, -0.05) is 43.3 Å². The third kappa shape index (κ3) is 3.25. The van der Waals surface area contributed by atoms with Crippen LogP contribution in [-0.2, 0) is 13.0 Å². The Morgan fingerprint density at radius 1 is 0.824 bits per heavy atom. The van der Waals surface area contributed by atoms with Crippen LogP contribution in [0, 0.1) is 5.82 Å². The molecule has 0 unspecified atom stereocenters. The van der Waals surface area contributed by atoms with Crippen LogP contribution in [0.25, 0.3) is 38.9 Å². The molecule has 6 aromatic rings. The van der Waals surface area contributed by atoms with Crippen molar-refractivity contribution in [2.24, 2.45) is 0 Å². The Kier molecular flexibility index (Phi) is 4.69. The van der Waals surface area contributed by atoms with E-state index in [1.165, 1.54) is 28.6 Å². The molecule has 0 fully saturated rings. The van der Waals surface area contributed by atoms with Gasteiger partial charge in [0.05, 0.1) is 17.6 Å². The van der Waals surface area contributed by atoms with Crippen LogP contribution in [0.5, 0.6) is 0 Å². The van der Waals surface area contributed by atoms with Crippen molar-refractivity contribution >= 4 is 33.2 Å². The molecule has 0 aliphatic carbocycles. The predicted octanol–water partition coefficient (Wildman–Crippen LogP) is 5.03. The molecular formula is C27H20FN5O. The fourth-order valence-corrected chi connectivity index (χ4v) is 4.30. The van der Waals surface area contributed by atoms with E-state index in [4.69, 9.17) is 9.97 Å². The summed E-state index contributed by atoms with van der Waals surface area (Å²) >= 11 is 0. The third-order valence-corrected chi connectivity index (χ3v) is 6.10. The number of rotatable bonds is 4. The lowest BCUT2D eigenvalue weighted by molar-refractivity contribution is 0.626. The number of aromatic nitrogens is 5. The van der Waals surface area contributed by atoms with E-state index >= 15 is 0 Å². The Bertz CT molecular complexity index is 1730. The molecule has 0 bridgehead atoms. The molecule has 0 spiro atoms. The second-order valence-corrected chi connectivity index (χ2v) is 8.24. The normalized spacial score (nSPS) is 11.6. The molecule has 34 heavy (non-hydrogen) atoms. The fraction of sp³-hybridized carbons (Fsp3) is 0.111. The summed E-state index contributed by atoms with van der Waals surface area (Å²) in [7, 11) is 0. The summed E-state index contributed by atoms with van der Waals surface area (Å²) in [6.07, 6.45) is 2.47. The van der Waals surface area contributed by atoms with Gasteiger partial charge >= 0.3 is 0 Å². The van der Waals surface area contributed by atoms with Crippen LogP contribution in [-0.4, -0.2) is 24.1 Å². The maximum absolute atomic E-state index is 13.7. The molecule has 6 nitrogen and oxygen atoms in total. The molecule has 0 saturated heterocycles. The van der Waals surface area contributed by atoms with E-state index in [1.54, 1.807) is 12.1 Å². The maximum atomic E-state index is 13.7. The molecule has 0 atom stereocenters. The molecule has 6 rings (SSSR count). The number of nitrogens with zero attached hydrogens (tertiary/aromatic N) is 5. The zero-order chi connectivity index (χ0) is 23.2. The molecule has 0 radical (unpaired) electrons. The van der Waals surface area contributed by atoms with E-state index in [0.29, 0.717) is 27.7 Å². The molecule has 0 aliphatic rings. The summed E-state index contributed by atoms with van der Waals surface area (Å²) in [6.45, 7) is 2.39. The molecule has 0 amide bonds. The van der Waals surface area contributed by atoms with Crippen LogP contribution in [0.2, 0.25) is 0 Å². The fourth-order valence-electron chi connectivity index (χ4n) is 4.30. The number of fused-ring (bicyclic) bond motifs is 4. The minimum absolute atomic E-state index is 0.215. The molecule has 3 aromatic heterocycles. The van der Waals surface area contributed by atoms with Gasteiger partial charge in [0.15, 0.2) is 11.3 Å². The first-order valence-corrected chi connectivity index (χ1v) is 11.1. The predicted molar refractivity (Wildman–Crippen MR) is 131 cm³/mol. The van der Waals surface area contributed by atoms with Crippen LogP contribution >= 0.6 is 0 Å². The monoisotopic (exact) mass is 449 g/mol. The largest absolute Gasteiger partial charge is 0.294 e. The highest BCUT2D eigenvalue weighted by Gasteiger charge is 2.21. The van der Waals surface area contributed by atoms with Crippen molar-refractivity contribution in [3.8, 4) is 5.69 Å². The number of hydrogen-bond donors (Lipinski definition) is 0. The molecule has 3 aromatic carbocycles. The summed E-state index contributed by atoms with van der Waals surface area (Å²) < 4.78 is 16.7. The van der Waals surface area contributed by atoms with Gasteiger partial charge in [0, 0.05) is 5.69 Å². The van der Waals surface area contributed by atoms with Crippen molar-refractivity contribution < 1.29 is 4.39 Å². The molecule has 0 saturated carbocycles. The summed E-state index contributed by atoms with van der Waals surface area (Å²) in [5, 5.41) is 0.414. The van der Waals surface area contributed by atoms with Crippen LogP contribution < -0.4 is 5.56 Å². The third-order valence-electron chi connectivity index (χ3n) is 6.10. The van der Waals surface area contributed by atoms with Crippen molar-refractivity contribution in [3.05, 3.63) is 106 Å². The lowest BCUT2D eigenvalue weighted by atomic mass is 10.1. The van der Waals surface area contributed by atoms with Crippen LogP contribution in [0.15, 0.2) is 83.9 Å². The summed E-state index contributed by atoms with van der Waals surface area (Å²) in [4.78, 5) is 28.0. The molecular weight excluding hydrogens is 429 g/mol. The van der Waals surface area contributed by atoms with E-state index in [0.717, 1.165) is 23.2 Å². The minimum atomic E-state index is -0.316. The van der Waals surface area contributed by atoms with Gasteiger partial charge < -0.3 is 0 Å². The van der Waals surface area contributed by atoms with Crippen LogP contribution in [0.4, 0.5) is 4.39 Å². The number of benzene rings is 3. The summed E-state index contributed by atoms with van der Waals surface area (Å²) in [6, 6.07) is 21.9. The topological polar surface area (TPSA) is 65.6 Å². The van der Waals surface area contributed by atoms with E-state index in [9.17, 15) is 9.18 Å². The Labute approximate surface area is 194 Å². The van der Waals surface area contributed by atoms with Gasteiger partial charge in [-0.15, -0.1) is 0 Å². The standard InChI is InChI=1S/C27H20FN5O/c1-2-17-9-13-20(14-10-17)33-25-23(24-26(33)31-22-6-4-3-5-21(22)30-24)27(34)32(16-29-25)15-18-7-11-19(28)12-8-18/h3-14,16H,2,15H2,1H3. The first-order valence-electron chi connectivity index (χ1n) is 11.1. The van der Waals surface area contributed by atoms with E-state index in [-0.39, 0.29) is 17.9 Å². The van der Waals surface area contributed by atoms with Gasteiger partial charge in [-0.2, -0.15) is 0 Å². The number of aryl methyl sites for hydroxylation is 1. The van der Waals surface area contributed by atoms with Gasteiger partial charge in [-0.3, -0.25) is 13.9 Å². The van der Waals surface area contributed by atoms with Crippen molar-refractivity contribution in [1.29, 1.82) is 0 Å². The van der Waals surface area contributed by atoms with Gasteiger partial charge in [-0.25, -0.2) is 19.3 Å². The van der Waals surface area contributed by atoms with Gasteiger partial charge in [0.1, 0.15) is 23.0 Å². The van der Waals surface area contributed by atoms with E-state index in [2.05, 4.69) is 24.0 Å². The Morgan fingerprint density at radius 2 is 1.50 bits per heavy atom. The zero-order valence-corrected chi connectivity index (χ0v) is 18.4. The van der Waals surface area contributed by atoms with E-state index in [1.807, 2.05) is 41.0 Å². The summed E-state index contributed by atoms with van der Waals surface area (Å²) in [5.74, 6) is -0.316. The SMILES string of the molecule is CCc1ccc(-n2c3nc4ccccc4nc3c3c(=O)n(Cc4ccc(F)cc4)cnc32)cc1. The minimum Gasteiger partial charge on any atom is -0.294 e. The molecule has 166 valence electrons. The van der Waals surface area contributed by atoms with Crippen LogP contribution in [0.3, 0.4) is 0 Å². The average molecular weight is 449 g/mol. The molecule has 0 aliphatic heterocycles. The van der Waals surface area contributed by atoms with Crippen LogP contribution in [0.1, 0.15) is 18.1 Å². The van der Waals surface area contributed by atoms with Crippen molar-refractivity contribution in [1.82, 2.24) is 24.1 Å².